The summed E-state index contributed by atoms with van der Waals surface area (Å²) in [4.78, 5) is 10.1. The Balaban J connectivity index is 2.79. The van der Waals surface area contributed by atoms with Crippen LogP contribution in [0.1, 0.15) is 0 Å². The summed E-state index contributed by atoms with van der Waals surface area (Å²) in [6.07, 6.45) is 0. The molecule has 0 radical (unpaired) electrons. The Bertz CT molecular complexity index is 561. The normalized spacial score (nSPS) is 10.5. The van der Waals surface area contributed by atoms with Gasteiger partial charge in [0.1, 0.15) is 4.60 Å². The van der Waals surface area contributed by atoms with Crippen LogP contribution >= 0.6 is 27.5 Å². The van der Waals surface area contributed by atoms with Crippen molar-refractivity contribution in [2.24, 2.45) is 0 Å². The number of benzene rings is 1. The Labute approximate surface area is 97.3 Å². The first kappa shape index (κ1) is 10.3. The van der Waals surface area contributed by atoms with E-state index in [4.69, 9.17) is 11.6 Å². The lowest BCUT2D eigenvalue weighted by Crippen LogP contribution is -1.91. The standard InChI is InChI=1S/C8H3BrClN3O2/c9-8-7(10)5-3-4(13(14)15)1-2-6(5)11-12-8/h1-3H. The number of nitro benzene ring substituents is 1. The second-order valence-electron chi connectivity index (χ2n) is 2.76. The van der Waals surface area contributed by atoms with Crippen molar-refractivity contribution < 1.29 is 4.92 Å². The van der Waals surface area contributed by atoms with Crippen molar-refractivity contribution in [2.75, 3.05) is 0 Å². The summed E-state index contributed by atoms with van der Waals surface area (Å²) >= 11 is 9.03. The smallest absolute Gasteiger partial charge is 0.258 e. The van der Waals surface area contributed by atoms with Crippen molar-refractivity contribution >= 4 is 44.1 Å². The molecule has 0 aliphatic carbocycles. The second kappa shape index (κ2) is 3.71. The lowest BCUT2D eigenvalue weighted by atomic mass is 10.2. The van der Waals surface area contributed by atoms with Gasteiger partial charge >= 0.3 is 0 Å². The highest BCUT2D eigenvalue weighted by atomic mass is 79.9. The van der Waals surface area contributed by atoms with E-state index < -0.39 is 4.92 Å². The van der Waals surface area contributed by atoms with E-state index in [1.807, 2.05) is 0 Å². The Kier molecular flexibility index (Phi) is 2.54. The van der Waals surface area contributed by atoms with Gasteiger partial charge in [-0.2, -0.15) is 0 Å². The average Bonchev–Trinajstić information content (AvgIpc) is 2.23. The number of halogens is 2. The van der Waals surface area contributed by atoms with E-state index in [1.54, 1.807) is 0 Å². The Morgan fingerprint density at radius 1 is 1.40 bits per heavy atom. The lowest BCUT2D eigenvalue weighted by molar-refractivity contribution is -0.384. The molecule has 0 bridgehead atoms. The number of hydrogen-bond donors (Lipinski definition) is 0. The molecule has 0 saturated heterocycles. The van der Waals surface area contributed by atoms with Gasteiger partial charge in [-0.3, -0.25) is 10.1 Å². The Morgan fingerprint density at radius 3 is 2.80 bits per heavy atom. The summed E-state index contributed by atoms with van der Waals surface area (Å²) in [5.74, 6) is 0. The fourth-order valence-corrected chi connectivity index (χ4v) is 1.64. The van der Waals surface area contributed by atoms with Crippen molar-refractivity contribution in [1.29, 1.82) is 0 Å². The molecule has 15 heavy (non-hydrogen) atoms. The predicted molar refractivity (Wildman–Crippen MR) is 58.9 cm³/mol. The fraction of sp³-hybridized carbons (Fsp3) is 0. The molecule has 0 spiro atoms. The van der Waals surface area contributed by atoms with E-state index in [0.717, 1.165) is 0 Å². The summed E-state index contributed by atoms with van der Waals surface area (Å²) in [5.41, 5.74) is 0.498. The molecule has 0 amide bonds. The number of fused-ring (bicyclic) bond motifs is 1. The van der Waals surface area contributed by atoms with Crippen LogP contribution in [0.25, 0.3) is 10.9 Å². The summed E-state index contributed by atoms with van der Waals surface area (Å²) in [6, 6.07) is 4.25. The zero-order valence-electron chi connectivity index (χ0n) is 7.15. The maximum absolute atomic E-state index is 10.6. The molecule has 76 valence electrons. The van der Waals surface area contributed by atoms with E-state index >= 15 is 0 Å². The van der Waals surface area contributed by atoms with Gasteiger partial charge in [-0.1, -0.05) is 11.6 Å². The van der Waals surface area contributed by atoms with Crippen LogP contribution in [0.3, 0.4) is 0 Å². The van der Waals surface area contributed by atoms with Crippen molar-refractivity contribution in [2.45, 2.75) is 0 Å². The van der Waals surface area contributed by atoms with Crippen LogP contribution in [0, 0.1) is 10.1 Å². The third kappa shape index (κ3) is 1.78. The van der Waals surface area contributed by atoms with Crippen LogP contribution in [0.2, 0.25) is 5.02 Å². The first-order valence-electron chi connectivity index (χ1n) is 3.85. The van der Waals surface area contributed by atoms with Crippen molar-refractivity contribution in [3.8, 4) is 0 Å². The van der Waals surface area contributed by atoms with Crippen molar-refractivity contribution in [3.63, 3.8) is 0 Å². The largest absolute Gasteiger partial charge is 0.270 e. The molecule has 1 heterocycles. The van der Waals surface area contributed by atoms with Crippen LogP contribution < -0.4 is 0 Å². The lowest BCUT2D eigenvalue weighted by Gasteiger charge is -2.00. The van der Waals surface area contributed by atoms with Gasteiger partial charge in [0.25, 0.3) is 5.69 Å². The molecule has 2 rings (SSSR count). The molecule has 2 aromatic rings. The molecule has 0 fully saturated rings. The summed E-state index contributed by atoms with van der Waals surface area (Å²) in [7, 11) is 0. The monoisotopic (exact) mass is 287 g/mol. The number of nitro groups is 1. The van der Waals surface area contributed by atoms with Crippen LogP contribution in [0.15, 0.2) is 22.8 Å². The maximum Gasteiger partial charge on any atom is 0.270 e. The molecule has 7 heteroatoms. The molecule has 0 aliphatic rings. The molecule has 1 aromatic carbocycles. The molecular weight excluding hydrogens is 285 g/mol. The molecule has 0 N–H and O–H groups in total. The van der Waals surface area contributed by atoms with E-state index in [-0.39, 0.29) is 5.69 Å². The van der Waals surface area contributed by atoms with E-state index in [1.165, 1.54) is 18.2 Å². The van der Waals surface area contributed by atoms with Crippen LogP contribution in [-0.2, 0) is 0 Å². The van der Waals surface area contributed by atoms with Crippen LogP contribution in [0.4, 0.5) is 5.69 Å². The zero-order chi connectivity index (χ0) is 11.0. The van der Waals surface area contributed by atoms with Gasteiger partial charge in [-0.05, 0) is 22.0 Å². The zero-order valence-corrected chi connectivity index (χ0v) is 9.49. The van der Waals surface area contributed by atoms with E-state index in [2.05, 4.69) is 26.1 Å². The number of nitrogens with zero attached hydrogens (tertiary/aromatic N) is 3. The van der Waals surface area contributed by atoms with Crippen molar-refractivity contribution in [1.82, 2.24) is 10.2 Å². The molecule has 0 atom stereocenters. The SMILES string of the molecule is O=[N+]([O-])c1ccc2nnc(Br)c(Cl)c2c1. The topological polar surface area (TPSA) is 68.9 Å². The predicted octanol–water partition coefficient (Wildman–Crippen LogP) is 2.95. The average molecular weight is 288 g/mol. The molecule has 0 unspecified atom stereocenters. The van der Waals surface area contributed by atoms with Gasteiger partial charge in [-0.25, -0.2) is 0 Å². The summed E-state index contributed by atoms with van der Waals surface area (Å²) in [5, 5.41) is 19.0. The molecular formula is C8H3BrClN3O2. The van der Waals surface area contributed by atoms with Gasteiger partial charge in [0.05, 0.1) is 15.5 Å². The third-order valence-electron chi connectivity index (χ3n) is 1.85. The van der Waals surface area contributed by atoms with E-state index in [9.17, 15) is 10.1 Å². The van der Waals surface area contributed by atoms with Crippen molar-refractivity contribution in [3.05, 3.63) is 37.9 Å². The highest BCUT2D eigenvalue weighted by Gasteiger charge is 2.11. The summed E-state index contributed by atoms with van der Waals surface area (Å²) in [6.45, 7) is 0. The minimum Gasteiger partial charge on any atom is -0.258 e. The minimum atomic E-state index is -0.482. The number of rotatable bonds is 1. The number of non-ortho nitro benzene ring substituents is 1. The van der Waals surface area contributed by atoms with Crippen LogP contribution in [-0.4, -0.2) is 15.1 Å². The molecule has 0 saturated carbocycles. The second-order valence-corrected chi connectivity index (χ2v) is 3.89. The van der Waals surface area contributed by atoms with Gasteiger partial charge in [0.15, 0.2) is 0 Å². The summed E-state index contributed by atoms with van der Waals surface area (Å²) < 4.78 is 0.372. The quantitative estimate of drug-likeness (QED) is 0.597. The number of aromatic nitrogens is 2. The first-order chi connectivity index (χ1) is 7.09. The van der Waals surface area contributed by atoms with Gasteiger partial charge in [-0.15, -0.1) is 10.2 Å². The highest BCUT2D eigenvalue weighted by molar-refractivity contribution is 9.10. The molecule has 1 aromatic heterocycles. The van der Waals surface area contributed by atoms with E-state index in [0.29, 0.717) is 20.5 Å². The minimum absolute atomic E-state index is 0.0238. The maximum atomic E-state index is 10.6. The first-order valence-corrected chi connectivity index (χ1v) is 5.02. The van der Waals surface area contributed by atoms with Gasteiger partial charge < -0.3 is 0 Å². The Morgan fingerprint density at radius 2 is 2.13 bits per heavy atom. The van der Waals surface area contributed by atoms with Gasteiger partial charge in [0, 0.05) is 17.5 Å². The third-order valence-corrected chi connectivity index (χ3v) is 3.02. The van der Waals surface area contributed by atoms with Gasteiger partial charge in [0.2, 0.25) is 0 Å². The van der Waals surface area contributed by atoms with Crippen LogP contribution in [0.5, 0.6) is 0 Å². The molecule has 0 aliphatic heterocycles. The molecule has 5 nitrogen and oxygen atoms in total. The fourth-order valence-electron chi connectivity index (χ4n) is 1.15. The Hall–Kier alpha value is -1.27. The number of hydrogen-bond acceptors (Lipinski definition) is 4. The highest BCUT2D eigenvalue weighted by Crippen LogP contribution is 2.29.